The Kier molecular flexibility index (Phi) is 10.7. The summed E-state index contributed by atoms with van der Waals surface area (Å²) >= 11 is 3.34. The van der Waals surface area contributed by atoms with Crippen LogP contribution in [0, 0.1) is 6.92 Å². The minimum Gasteiger partial charge on any atom is -0.504 e. The molecule has 22 nitrogen and oxygen atoms in total. The largest absolute Gasteiger partial charge is 0.504 e. The topological polar surface area (TPSA) is 326 Å². The van der Waals surface area contributed by atoms with E-state index in [0.29, 0.717) is 16.3 Å². The number of aryl methyl sites for hydroxylation is 1. The number of nitrogens with two attached hydrogens (primary N) is 1. The van der Waals surface area contributed by atoms with E-state index in [1.54, 1.807) is 13.0 Å². The fraction of sp³-hybridized carbons (Fsp3) is 0.258. The van der Waals surface area contributed by atoms with Crippen LogP contribution in [-0.2, 0) is 24.0 Å². The van der Waals surface area contributed by atoms with Crippen LogP contribution < -0.4 is 21.9 Å². The van der Waals surface area contributed by atoms with Crippen molar-refractivity contribution in [1.82, 2.24) is 45.6 Å². The quantitative estimate of drug-likeness (QED) is 0.0234. The maximum Gasteiger partial charge on any atom is 0.375 e. The SMILES string of the molecule is Cc1cc(SCC2=C(C(=O)O)N3C(=O)[C@@H](NC(=O)C(=NOC(C)(C)C(=O)NNC(=O)c4ccc(O)c(O)c4)c4csc(N)n4)[C@H]3SC2)nc2nc(C(=O)O)nn12. The molecule has 9 N–H and O–H groups in total. The maximum absolute atomic E-state index is 13.6. The molecule has 1 aromatic carbocycles. The standard InChI is InChI=1S/C31H29N11O11S3/c1-11-6-17(34-30-36-21(27(50)51)39-42(11)30)54-8-13-9-55-25-19(24(47)41(25)20(13)26(48)49)35-23(46)18(14-10-56-29(32)33-14)40-53-31(2,3)28(52)38-37-22(45)12-4-5-15(43)16(44)7-12/h4-7,10,19,25,43-44H,8-9H2,1-3H3,(H2,32,33)(H,35,46)(H,37,45)(H,38,52)(H,48,49)(H,50,51)/t19-,25-/m1/s1. The third-order valence-corrected chi connectivity index (χ3v) is 11.0. The molecule has 3 aromatic heterocycles. The van der Waals surface area contributed by atoms with E-state index in [2.05, 4.69) is 41.4 Å². The zero-order valence-electron chi connectivity index (χ0n) is 29.0. The van der Waals surface area contributed by atoms with Crippen LogP contribution in [0.4, 0.5) is 5.13 Å². The number of rotatable bonds is 12. The van der Waals surface area contributed by atoms with E-state index in [1.807, 2.05) is 0 Å². The fourth-order valence-corrected chi connectivity index (χ4v) is 8.10. The number of carboxylic acids is 2. The summed E-state index contributed by atoms with van der Waals surface area (Å²) in [6, 6.07) is 3.70. The van der Waals surface area contributed by atoms with Crippen LogP contribution in [0.3, 0.4) is 0 Å². The molecule has 1 saturated heterocycles. The minimum absolute atomic E-state index is 0.0467. The number of nitrogen functional groups attached to an aromatic ring is 1. The van der Waals surface area contributed by atoms with Gasteiger partial charge in [-0.1, -0.05) is 5.16 Å². The van der Waals surface area contributed by atoms with Gasteiger partial charge in [0.15, 0.2) is 22.3 Å². The Hall–Kier alpha value is -6.47. The fourth-order valence-electron chi connectivity index (χ4n) is 5.12. The molecule has 2 aliphatic heterocycles. The smallest absolute Gasteiger partial charge is 0.375 e. The van der Waals surface area contributed by atoms with Crippen molar-refractivity contribution in [3.05, 3.63) is 63.7 Å². The number of fused-ring (bicyclic) bond motifs is 2. The summed E-state index contributed by atoms with van der Waals surface area (Å²) in [5.74, 6) is -7.23. The van der Waals surface area contributed by atoms with Gasteiger partial charge in [-0.05, 0) is 50.6 Å². The second kappa shape index (κ2) is 15.3. The number of thiazole rings is 1. The number of carbonyl (C=O) groups excluding carboxylic acids is 4. The van der Waals surface area contributed by atoms with Crippen LogP contribution in [0.1, 0.15) is 46.2 Å². The van der Waals surface area contributed by atoms with Gasteiger partial charge in [0, 0.05) is 28.1 Å². The minimum atomic E-state index is -1.83. The number of hydrogen-bond acceptors (Lipinski definition) is 18. The number of β-lactam (4-membered cyclic amide) rings is 1. The normalized spacial score (nSPS) is 16.9. The number of phenolic OH excluding ortho intramolecular Hbond substituents is 2. The average Bonchev–Trinajstić information content (AvgIpc) is 3.79. The van der Waals surface area contributed by atoms with Crippen LogP contribution in [-0.4, -0.2) is 120 Å². The Morgan fingerprint density at radius 3 is 2.48 bits per heavy atom. The number of carboxylic acid groups (broad SMARTS) is 2. The number of carbonyl (C=O) groups is 6. The predicted molar refractivity (Wildman–Crippen MR) is 196 cm³/mol. The van der Waals surface area contributed by atoms with E-state index in [1.165, 1.54) is 41.6 Å². The van der Waals surface area contributed by atoms with Crippen molar-refractivity contribution in [2.24, 2.45) is 5.16 Å². The molecular formula is C31H29N11O11S3. The number of hydrazine groups is 1. The van der Waals surface area contributed by atoms with Crippen LogP contribution in [0.15, 0.2) is 51.1 Å². The third kappa shape index (κ3) is 7.85. The molecule has 0 unspecified atom stereocenters. The van der Waals surface area contributed by atoms with Crippen molar-refractivity contribution >= 4 is 87.0 Å². The van der Waals surface area contributed by atoms with Crippen LogP contribution in [0.2, 0.25) is 0 Å². The highest BCUT2D eigenvalue weighted by Crippen LogP contribution is 2.41. The molecule has 6 rings (SSSR count). The number of aromatic nitrogens is 5. The summed E-state index contributed by atoms with van der Waals surface area (Å²) in [5.41, 5.74) is 8.29. The number of phenols is 2. The van der Waals surface area contributed by atoms with Crippen molar-refractivity contribution in [2.45, 2.75) is 42.8 Å². The number of oxime groups is 1. The van der Waals surface area contributed by atoms with Crippen molar-refractivity contribution in [1.29, 1.82) is 0 Å². The summed E-state index contributed by atoms with van der Waals surface area (Å²) in [6.07, 6.45) is 0. The number of nitrogens with one attached hydrogen (secondary N) is 3. The predicted octanol–water partition coefficient (Wildman–Crippen LogP) is 0.0722. The second-order valence-electron chi connectivity index (χ2n) is 12.3. The molecule has 5 heterocycles. The van der Waals surface area contributed by atoms with Crippen LogP contribution >= 0.6 is 34.9 Å². The van der Waals surface area contributed by atoms with Gasteiger partial charge in [-0.15, -0.1) is 40.0 Å². The number of aliphatic carboxylic acids is 1. The van der Waals surface area contributed by atoms with Gasteiger partial charge in [0.1, 0.15) is 27.8 Å². The Morgan fingerprint density at radius 2 is 1.82 bits per heavy atom. The molecule has 0 spiro atoms. The molecule has 0 bridgehead atoms. The monoisotopic (exact) mass is 827 g/mol. The highest BCUT2D eigenvalue weighted by molar-refractivity contribution is 8.01. The molecule has 4 aromatic rings. The van der Waals surface area contributed by atoms with Gasteiger partial charge in [-0.25, -0.2) is 24.1 Å². The van der Waals surface area contributed by atoms with Gasteiger partial charge in [-0.2, -0.15) is 4.98 Å². The first-order valence-corrected chi connectivity index (χ1v) is 18.8. The summed E-state index contributed by atoms with van der Waals surface area (Å²) in [4.78, 5) is 95.0. The molecule has 2 atom stereocenters. The van der Waals surface area contributed by atoms with E-state index >= 15 is 0 Å². The first-order chi connectivity index (χ1) is 26.4. The third-order valence-electron chi connectivity index (χ3n) is 8.01. The average molecular weight is 828 g/mol. The van der Waals surface area contributed by atoms with Crippen molar-refractivity contribution in [3.63, 3.8) is 0 Å². The van der Waals surface area contributed by atoms with Gasteiger partial charge in [-0.3, -0.25) is 34.9 Å². The molecular weight excluding hydrogens is 799 g/mol. The van der Waals surface area contributed by atoms with E-state index in [4.69, 9.17) is 10.6 Å². The molecule has 2 aliphatic rings. The zero-order chi connectivity index (χ0) is 40.6. The summed E-state index contributed by atoms with van der Waals surface area (Å²) in [5, 5.41) is 49.8. The molecule has 0 saturated carbocycles. The number of hydrogen-bond donors (Lipinski definition) is 8. The molecule has 0 radical (unpaired) electrons. The van der Waals surface area contributed by atoms with E-state index in [0.717, 1.165) is 40.1 Å². The lowest BCUT2D eigenvalue weighted by Crippen LogP contribution is -2.71. The first kappa shape index (κ1) is 39.2. The molecule has 4 amide bonds. The molecule has 25 heteroatoms. The van der Waals surface area contributed by atoms with Crippen LogP contribution in [0.25, 0.3) is 5.78 Å². The molecule has 0 aliphatic carbocycles. The highest BCUT2D eigenvalue weighted by Gasteiger charge is 2.54. The Balaban J connectivity index is 1.13. The summed E-state index contributed by atoms with van der Waals surface area (Å²) in [7, 11) is 0. The van der Waals surface area contributed by atoms with E-state index in [9.17, 15) is 49.2 Å². The van der Waals surface area contributed by atoms with Gasteiger partial charge < -0.3 is 36.3 Å². The lowest BCUT2D eigenvalue weighted by atomic mass is 10.0. The number of benzene rings is 1. The maximum atomic E-state index is 13.6. The first-order valence-electron chi connectivity index (χ1n) is 15.9. The van der Waals surface area contributed by atoms with E-state index in [-0.39, 0.29) is 39.4 Å². The molecule has 56 heavy (non-hydrogen) atoms. The van der Waals surface area contributed by atoms with Gasteiger partial charge >= 0.3 is 11.9 Å². The zero-order valence-corrected chi connectivity index (χ0v) is 31.5. The van der Waals surface area contributed by atoms with Crippen molar-refractivity contribution < 1.29 is 54.0 Å². The highest BCUT2D eigenvalue weighted by atomic mass is 32.2. The van der Waals surface area contributed by atoms with Gasteiger partial charge in [0.2, 0.25) is 5.60 Å². The number of anilines is 1. The Morgan fingerprint density at radius 1 is 1.07 bits per heavy atom. The van der Waals surface area contributed by atoms with Crippen molar-refractivity contribution in [3.8, 4) is 11.5 Å². The number of thioether (sulfide) groups is 2. The lowest BCUT2D eigenvalue weighted by molar-refractivity contribution is -0.150. The number of nitrogens with zero attached hydrogens (tertiary/aromatic N) is 7. The summed E-state index contributed by atoms with van der Waals surface area (Å²) in [6.45, 7) is 4.23. The van der Waals surface area contributed by atoms with Crippen molar-refractivity contribution in [2.75, 3.05) is 17.2 Å². The lowest BCUT2D eigenvalue weighted by Gasteiger charge is -2.49. The summed E-state index contributed by atoms with van der Waals surface area (Å²) < 4.78 is 1.27. The Labute approximate surface area is 326 Å². The van der Waals surface area contributed by atoms with Gasteiger partial charge in [0.05, 0.1) is 0 Å². The Bertz CT molecular complexity index is 2390. The number of aromatic carboxylic acids is 1. The number of aromatic hydroxyl groups is 2. The molecule has 292 valence electrons. The number of amides is 4. The van der Waals surface area contributed by atoms with E-state index < -0.39 is 75.6 Å². The second-order valence-corrected chi connectivity index (χ2v) is 15.3. The molecule has 1 fully saturated rings. The van der Waals surface area contributed by atoms with Crippen LogP contribution in [0.5, 0.6) is 11.5 Å². The van der Waals surface area contributed by atoms with Gasteiger partial charge in [0.25, 0.3) is 35.2 Å².